The van der Waals surface area contributed by atoms with Gasteiger partial charge in [-0.15, -0.1) is 0 Å². The zero-order valence-corrected chi connectivity index (χ0v) is 13.7. The van der Waals surface area contributed by atoms with Crippen LogP contribution in [-0.4, -0.2) is 16.4 Å². The summed E-state index contributed by atoms with van der Waals surface area (Å²) in [5.74, 6) is 0.656. The predicted molar refractivity (Wildman–Crippen MR) is 93.1 cm³/mol. The van der Waals surface area contributed by atoms with Gasteiger partial charge in [-0.3, -0.25) is 4.90 Å². The van der Waals surface area contributed by atoms with Crippen molar-refractivity contribution in [2.24, 2.45) is 0 Å². The van der Waals surface area contributed by atoms with Crippen LogP contribution in [0.15, 0.2) is 46.9 Å². The molecule has 4 heteroatoms. The van der Waals surface area contributed by atoms with Crippen molar-refractivity contribution in [3.8, 4) is 17.3 Å². The Balaban J connectivity index is 1.72. The lowest BCUT2D eigenvalue weighted by molar-refractivity contribution is 0.314. The fourth-order valence-electron chi connectivity index (χ4n) is 3.38. The lowest BCUT2D eigenvalue weighted by atomic mass is 10.0. The third-order valence-corrected chi connectivity index (χ3v) is 4.74. The minimum absolute atomic E-state index is 0.0192. The molecular formula is C20H19N3O. The standard InChI is InChI=1S/C20H19N3O/c1-2-14-5-3-6-15(11-14)16-8-9-19-17(12-16)22-20(24-19)18-7-4-10-23(18)13-21/h3,5-6,8-9,11-12,18H,2,4,7,10H2,1H3. The van der Waals surface area contributed by atoms with Crippen molar-refractivity contribution in [1.82, 2.24) is 9.88 Å². The summed E-state index contributed by atoms with van der Waals surface area (Å²) in [6, 6.07) is 14.7. The molecule has 1 aliphatic heterocycles. The summed E-state index contributed by atoms with van der Waals surface area (Å²) in [6.07, 6.45) is 5.19. The first kappa shape index (κ1) is 14.8. The molecule has 1 atom stereocenters. The quantitative estimate of drug-likeness (QED) is 0.658. The molecule has 0 aliphatic carbocycles. The summed E-state index contributed by atoms with van der Waals surface area (Å²) in [7, 11) is 0. The van der Waals surface area contributed by atoms with Gasteiger partial charge in [0.1, 0.15) is 11.6 Å². The molecular weight excluding hydrogens is 298 g/mol. The Bertz CT molecular complexity index is 922. The molecule has 0 radical (unpaired) electrons. The monoisotopic (exact) mass is 317 g/mol. The molecule has 0 N–H and O–H groups in total. The lowest BCUT2D eigenvalue weighted by Crippen LogP contribution is -2.17. The number of likely N-dealkylation sites (tertiary alicyclic amines) is 1. The second kappa shape index (κ2) is 6.01. The molecule has 2 heterocycles. The van der Waals surface area contributed by atoms with Crippen molar-refractivity contribution in [2.45, 2.75) is 32.2 Å². The highest BCUT2D eigenvalue weighted by Crippen LogP contribution is 2.33. The van der Waals surface area contributed by atoms with Gasteiger partial charge in [-0.25, -0.2) is 4.98 Å². The van der Waals surface area contributed by atoms with Crippen LogP contribution in [0.2, 0.25) is 0 Å². The minimum Gasteiger partial charge on any atom is -0.438 e. The van der Waals surface area contributed by atoms with Crippen LogP contribution in [0, 0.1) is 11.5 Å². The van der Waals surface area contributed by atoms with Gasteiger partial charge in [0.25, 0.3) is 0 Å². The molecule has 1 unspecified atom stereocenters. The van der Waals surface area contributed by atoms with E-state index < -0.39 is 0 Å². The molecule has 4 rings (SSSR count). The average molecular weight is 317 g/mol. The first-order chi connectivity index (χ1) is 11.8. The number of oxazole rings is 1. The van der Waals surface area contributed by atoms with Crippen LogP contribution in [0.4, 0.5) is 0 Å². The van der Waals surface area contributed by atoms with E-state index in [1.807, 2.05) is 6.07 Å². The fraction of sp³-hybridized carbons (Fsp3) is 0.300. The van der Waals surface area contributed by atoms with Gasteiger partial charge in [0, 0.05) is 6.54 Å². The highest BCUT2D eigenvalue weighted by atomic mass is 16.3. The molecule has 1 aliphatic rings. The van der Waals surface area contributed by atoms with E-state index in [-0.39, 0.29) is 6.04 Å². The molecule has 24 heavy (non-hydrogen) atoms. The first-order valence-electron chi connectivity index (χ1n) is 8.44. The van der Waals surface area contributed by atoms with E-state index in [1.165, 1.54) is 11.1 Å². The number of nitriles is 1. The largest absolute Gasteiger partial charge is 0.438 e. The SMILES string of the molecule is CCc1cccc(-c2ccc3oc(C4CCCN4C#N)nc3c2)c1. The van der Waals surface area contributed by atoms with E-state index >= 15 is 0 Å². The second-order valence-corrected chi connectivity index (χ2v) is 6.24. The van der Waals surface area contributed by atoms with Gasteiger partial charge in [-0.05, 0) is 48.1 Å². The molecule has 4 nitrogen and oxygen atoms in total. The van der Waals surface area contributed by atoms with E-state index in [4.69, 9.17) is 4.42 Å². The second-order valence-electron chi connectivity index (χ2n) is 6.24. The van der Waals surface area contributed by atoms with Crippen molar-refractivity contribution < 1.29 is 4.42 Å². The zero-order chi connectivity index (χ0) is 16.5. The molecule has 120 valence electrons. The Kier molecular flexibility index (Phi) is 3.70. The van der Waals surface area contributed by atoms with Gasteiger partial charge in [0.15, 0.2) is 11.8 Å². The number of aromatic nitrogens is 1. The molecule has 1 saturated heterocycles. The topological polar surface area (TPSA) is 53.1 Å². The highest BCUT2D eigenvalue weighted by molar-refractivity contribution is 5.80. The van der Waals surface area contributed by atoms with E-state index in [0.717, 1.165) is 42.5 Å². The number of rotatable bonds is 3. The molecule has 0 amide bonds. The summed E-state index contributed by atoms with van der Waals surface area (Å²) in [5, 5.41) is 9.22. The van der Waals surface area contributed by atoms with Crippen molar-refractivity contribution in [2.75, 3.05) is 6.54 Å². The molecule has 0 bridgehead atoms. The fourth-order valence-corrected chi connectivity index (χ4v) is 3.38. The van der Waals surface area contributed by atoms with Crippen LogP contribution in [0.3, 0.4) is 0 Å². The maximum absolute atomic E-state index is 9.22. The molecule has 1 fully saturated rings. The van der Waals surface area contributed by atoms with Gasteiger partial charge in [0.2, 0.25) is 5.89 Å². The number of aryl methyl sites for hydroxylation is 1. The van der Waals surface area contributed by atoms with Crippen LogP contribution in [0.25, 0.3) is 22.2 Å². The molecule has 1 aromatic heterocycles. The normalized spacial score (nSPS) is 17.3. The summed E-state index contributed by atoms with van der Waals surface area (Å²) in [6.45, 7) is 2.95. The van der Waals surface area contributed by atoms with Gasteiger partial charge in [-0.2, -0.15) is 5.26 Å². The van der Waals surface area contributed by atoms with Gasteiger partial charge >= 0.3 is 0 Å². The molecule has 0 spiro atoms. The third kappa shape index (κ3) is 2.52. The smallest absolute Gasteiger partial charge is 0.218 e. The number of benzene rings is 2. The van der Waals surface area contributed by atoms with Crippen molar-refractivity contribution >= 4 is 11.1 Å². The summed E-state index contributed by atoms with van der Waals surface area (Å²) >= 11 is 0. The van der Waals surface area contributed by atoms with Gasteiger partial charge in [0.05, 0.1) is 0 Å². The summed E-state index contributed by atoms with van der Waals surface area (Å²) in [5.41, 5.74) is 5.30. The Morgan fingerprint density at radius 2 is 2.12 bits per heavy atom. The van der Waals surface area contributed by atoms with Crippen LogP contribution >= 0.6 is 0 Å². The zero-order valence-electron chi connectivity index (χ0n) is 13.7. The minimum atomic E-state index is -0.0192. The van der Waals surface area contributed by atoms with Gasteiger partial charge < -0.3 is 4.42 Å². The van der Waals surface area contributed by atoms with Crippen LogP contribution in [0.5, 0.6) is 0 Å². The van der Waals surface area contributed by atoms with E-state index in [9.17, 15) is 5.26 Å². The van der Waals surface area contributed by atoms with Crippen molar-refractivity contribution in [1.29, 1.82) is 5.26 Å². The maximum atomic E-state index is 9.22. The number of hydrogen-bond donors (Lipinski definition) is 0. The first-order valence-corrected chi connectivity index (χ1v) is 8.44. The third-order valence-electron chi connectivity index (χ3n) is 4.74. The van der Waals surface area contributed by atoms with E-state index in [0.29, 0.717) is 5.89 Å². The summed E-state index contributed by atoms with van der Waals surface area (Å²) in [4.78, 5) is 6.42. The lowest BCUT2D eigenvalue weighted by Gasteiger charge is -2.13. The molecule has 3 aromatic rings. The van der Waals surface area contributed by atoms with Crippen LogP contribution in [0.1, 0.15) is 37.3 Å². The van der Waals surface area contributed by atoms with Crippen molar-refractivity contribution in [3.63, 3.8) is 0 Å². The molecule has 0 saturated carbocycles. The Morgan fingerprint density at radius 3 is 2.96 bits per heavy atom. The van der Waals surface area contributed by atoms with Crippen molar-refractivity contribution in [3.05, 3.63) is 53.9 Å². The van der Waals surface area contributed by atoms with E-state index in [1.54, 1.807) is 4.90 Å². The Hall–Kier alpha value is -2.80. The number of nitrogens with zero attached hydrogens (tertiary/aromatic N) is 3. The average Bonchev–Trinajstić information content (AvgIpc) is 3.26. The highest BCUT2D eigenvalue weighted by Gasteiger charge is 2.29. The van der Waals surface area contributed by atoms with Gasteiger partial charge in [-0.1, -0.05) is 37.3 Å². The summed E-state index contributed by atoms with van der Waals surface area (Å²) < 4.78 is 5.92. The number of hydrogen-bond acceptors (Lipinski definition) is 4. The Labute approximate surface area is 141 Å². The molecule has 2 aromatic carbocycles. The predicted octanol–water partition coefficient (Wildman–Crippen LogP) is 4.68. The Morgan fingerprint density at radius 1 is 1.25 bits per heavy atom. The van der Waals surface area contributed by atoms with E-state index in [2.05, 4.69) is 54.5 Å². The van der Waals surface area contributed by atoms with Crippen LogP contribution < -0.4 is 0 Å². The van der Waals surface area contributed by atoms with Crippen LogP contribution in [-0.2, 0) is 6.42 Å². The number of fused-ring (bicyclic) bond motifs is 1. The maximum Gasteiger partial charge on any atom is 0.218 e.